The number of hydrogen-bond acceptors (Lipinski definition) is 3. The van der Waals surface area contributed by atoms with Crippen LogP contribution >= 0.6 is 27.3 Å². The minimum absolute atomic E-state index is 0.0369. The first-order chi connectivity index (χ1) is 7.75. The molecule has 0 bridgehead atoms. The lowest BCUT2D eigenvalue weighted by atomic mass is 10.4. The second-order valence-electron chi connectivity index (χ2n) is 3.91. The van der Waals surface area contributed by atoms with E-state index >= 15 is 0 Å². The number of amides is 1. The van der Waals surface area contributed by atoms with Crippen molar-refractivity contribution in [1.29, 1.82) is 0 Å². The van der Waals surface area contributed by atoms with Gasteiger partial charge in [0.1, 0.15) is 0 Å². The van der Waals surface area contributed by atoms with E-state index in [0.717, 1.165) is 21.8 Å². The highest BCUT2D eigenvalue weighted by molar-refractivity contribution is 9.11. The minimum Gasteiger partial charge on any atom is -0.350 e. The molecule has 1 aliphatic rings. The number of carbonyl (C=O) groups is 1. The molecule has 0 unspecified atom stereocenters. The smallest absolute Gasteiger partial charge is 0.261 e. The van der Waals surface area contributed by atoms with Gasteiger partial charge >= 0.3 is 0 Å². The summed E-state index contributed by atoms with van der Waals surface area (Å²) in [5.41, 5.74) is 0. The molecule has 3 nitrogen and oxygen atoms in total. The molecule has 1 N–H and O–H groups in total. The van der Waals surface area contributed by atoms with Gasteiger partial charge in [-0.15, -0.1) is 11.3 Å². The number of halogens is 1. The highest BCUT2D eigenvalue weighted by Crippen LogP contribution is 2.21. The van der Waals surface area contributed by atoms with Crippen molar-refractivity contribution in [3.8, 4) is 0 Å². The summed E-state index contributed by atoms with van der Waals surface area (Å²) >= 11 is 4.82. The minimum atomic E-state index is 0.0369. The second kappa shape index (κ2) is 5.80. The summed E-state index contributed by atoms with van der Waals surface area (Å²) in [5, 5.41) is 2.95. The van der Waals surface area contributed by atoms with Crippen LogP contribution in [0.4, 0.5) is 0 Å². The molecule has 1 fully saturated rings. The predicted molar refractivity (Wildman–Crippen MR) is 70.0 cm³/mol. The molecule has 1 amide bonds. The maximum absolute atomic E-state index is 11.7. The summed E-state index contributed by atoms with van der Waals surface area (Å²) in [6.07, 6.45) is 2.59. The maximum atomic E-state index is 11.7. The summed E-state index contributed by atoms with van der Waals surface area (Å²) < 4.78 is 0.997. The zero-order valence-electron chi connectivity index (χ0n) is 9.04. The molecule has 0 aliphatic carbocycles. The number of nitrogens with zero attached hydrogens (tertiary/aromatic N) is 1. The third kappa shape index (κ3) is 3.30. The van der Waals surface area contributed by atoms with E-state index in [2.05, 4.69) is 26.1 Å². The SMILES string of the molecule is O=C(NCCN1CCCC1)c1ccc(Br)s1. The van der Waals surface area contributed by atoms with Crippen LogP contribution in [0.1, 0.15) is 22.5 Å². The Labute approximate surface area is 108 Å². The van der Waals surface area contributed by atoms with Crippen LogP contribution in [0.3, 0.4) is 0 Å². The Balaban J connectivity index is 1.71. The first-order valence-electron chi connectivity index (χ1n) is 5.51. The lowest BCUT2D eigenvalue weighted by Gasteiger charge is -2.14. The fourth-order valence-electron chi connectivity index (χ4n) is 1.86. The van der Waals surface area contributed by atoms with Crippen molar-refractivity contribution in [3.05, 3.63) is 20.8 Å². The van der Waals surface area contributed by atoms with Crippen molar-refractivity contribution in [2.75, 3.05) is 26.2 Å². The molecule has 1 aromatic rings. The number of likely N-dealkylation sites (tertiary alicyclic amines) is 1. The topological polar surface area (TPSA) is 32.3 Å². The molecule has 0 spiro atoms. The van der Waals surface area contributed by atoms with Crippen LogP contribution in [-0.4, -0.2) is 37.0 Å². The first-order valence-corrected chi connectivity index (χ1v) is 7.12. The molecule has 2 rings (SSSR count). The number of nitrogens with one attached hydrogen (secondary N) is 1. The fraction of sp³-hybridized carbons (Fsp3) is 0.545. The van der Waals surface area contributed by atoms with Crippen molar-refractivity contribution < 1.29 is 4.79 Å². The molecule has 1 aliphatic heterocycles. The zero-order chi connectivity index (χ0) is 11.4. The highest BCUT2D eigenvalue weighted by Gasteiger charge is 2.12. The van der Waals surface area contributed by atoms with E-state index in [0.29, 0.717) is 0 Å². The first kappa shape index (κ1) is 12.1. The summed E-state index contributed by atoms with van der Waals surface area (Å²) in [6, 6.07) is 3.75. The van der Waals surface area contributed by atoms with Crippen LogP contribution in [0.2, 0.25) is 0 Å². The van der Waals surface area contributed by atoms with E-state index in [1.807, 2.05) is 12.1 Å². The van der Waals surface area contributed by atoms with Crippen LogP contribution in [0, 0.1) is 0 Å². The third-order valence-electron chi connectivity index (χ3n) is 2.71. The van der Waals surface area contributed by atoms with Gasteiger partial charge in [-0.2, -0.15) is 0 Å². The van der Waals surface area contributed by atoms with E-state index in [4.69, 9.17) is 0 Å². The normalized spacial score (nSPS) is 16.6. The molecule has 0 saturated carbocycles. The van der Waals surface area contributed by atoms with Gasteiger partial charge in [0, 0.05) is 13.1 Å². The molecule has 88 valence electrons. The average molecular weight is 303 g/mol. The van der Waals surface area contributed by atoms with Crippen LogP contribution < -0.4 is 5.32 Å². The molecule has 2 heterocycles. The van der Waals surface area contributed by atoms with E-state index in [-0.39, 0.29) is 5.91 Å². The molecule has 1 saturated heterocycles. The van der Waals surface area contributed by atoms with E-state index < -0.39 is 0 Å². The molecule has 16 heavy (non-hydrogen) atoms. The molecule has 0 atom stereocenters. The van der Waals surface area contributed by atoms with Crippen molar-refractivity contribution in [1.82, 2.24) is 10.2 Å². The van der Waals surface area contributed by atoms with Gasteiger partial charge in [-0.05, 0) is 54.0 Å². The Kier molecular flexibility index (Phi) is 4.37. The monoisotopic (exact) mass is 302 g/mol. The molecule has 5 heteroatoms. The molecular formula is C11H15BrN2OS. The summed E-state index contributed by atoms with van der Waals surface area (Å²) in [5.74, 6) is 0.0369. The Bertz CT molecular complexity index is 361. The van der Waals surface area contributed by atoms with Gasteiger partial charge < -0.3 is 10.2 Å². The number of hydrogen-bond donors (Lipinski definition) is 1. The van der Waals surface area contributed by atoms with Crippen molar-refractivity contribution in [2.24, 2.45) is 0 Å². The third-order valence-corrected chi connectivity index (χ3v) is 4.33. The summed E-state index contributed by atoms with van der Waals surface area (Å²) in [7, 11) is 0. The quantitative estimate of drug-likeness (QED) is 0.926. The summed E-state index contributed by atoms with van der Waals surface area (Å²) in [4.78, 5) is 14.9. The standard InChI is InChI=1S/C11H15BrN2OS/c12-10-4-3-9(16-10)11(15)13-5-8-14-6-1-2-7-14/h3-4H,1-2,5-8H2,(H,13,15). The lowest BCUT2D eigenvalue weighted by Crippen LogP contribution is -2.33. The van der Waals surface area contributed by atoms with Gasteiger partial charge in [0.15, 0.2) is 0 Å². The highest BCUT2D eigenvalue weighted by atomic mass is 79.9. The molecule has 0 aromatic carbocycles. The maximum Gasteiger partial charge on any atom is 0.261 e. The van der Waals surface area contributed by atoms with Crippen LogP contribution in [0.5, 0.6) is 0 Å². The van der Waals surface area contributed by atoms with Crippen LogP contribution in [-0.2, 0) is 0 Å². The largest absolute Gasteiger partial charge is 0.350 e. The Morgan fingerprint density at radius 1 is 1.44 bits per heavy atom. The predicted octanol–water partition coefficient (Wildman–Crippen LogP) is 2.34. The van der Waals surface area contributed by atoms with Gasteiger partial charge in [0.2, 0.25) is 0 Å². The molecule has 1 aromatic heterocycles. The Hall–Kier alpha value is -0.390. The molecule has 0 radical (unpaired) electrons. The Morgan fingerprint density at radius 2 is 2.19 bits per heavy atom. The zero-order valence-corrected chi connectivity index (χ0v) is 11.4. The van der Waals surface area contributed by atoms with E-state index in [9.17, 15) is 4.79 Å². The van der Waals surface area contributed by atoms with E-state index in [1.165, 1.54) is 37.3 Å². The average Bonchev–Trinajstić information content (AvgIpc) is 2.89. The van der Waals surface area contributed by atoms with Gasteiger partial charge in [-0.3, -0.25) is 4.79 Å². The Morgan fingerprint density at radius 3 is 2.81 bits per heavy atom. The van der Waals surface area contributed by atoms with Gasteiger partial charge in [-0.1, -0.05) is 0 Å². The summed E-state index contributed by atoms with van der Waals surface area (Å²) in [6.45, 7) is 4.08. The van der Waals surface area contributed by atoms with Crippen molar-refractivity contribution >= 4 is 33.2 Å². The fourth-order valence-corrected chi connectivity index (χ4v) is 3.16. The van der Waals surface area contributed by atoms with Crippen LogP contribution in [0.25, 0.3) is 0 Å². The van der Waals surface area contributed by atoms with Crippen molar-refractivity contribution in [3.63, 3.8) is 0 Å². The van der Waals surface area contributed by atoms with Gasteiger partial charge in [0.05, 0.1) is 8.66 Å². The van der Waals surface area contributed by atoms with Crippen molar-refractivity contribution in [2.45, 2.75) is 12.8 Å². The number of carbonyl (C=O) groups excluding carboxylic acids is 1. The lowest BCUT2D eigenvalue weighted by molar-refractivity contribution is 0.0954. The van der Waals surface area contributed by atoms with E-state index in [1.54, 1.807) is 0 Å². The van der Waals surface area contributed by atoms with Crippen LogP contribution in [0.15, 0.2) is 15.9 Å². The van der Waals surface area contributed by atoms with Gasteiger partial charge in [-0.25, -0.2) is 0 Å². The second-order valence-corrected chi connectivity index (χ2v) is 6.37. The van der Waals surface area contributed by atoms with Gasteiger partial charge in [0.25, 0.3) is 5.91 Å². The number of rotatable bonds is 4. The molecular weight excluding hydrogens is 288 g/mol. The number of thiophene rings is 1.